The van der Waals surface area contributed by atoms with Crippen LogP contribution in [0.3, 0.4) is 0 Å². The highest BCUT2D eigenvalue weighted by Crippen LogP contribution is 2.22. The third-order valence-electron chi connectivity index (χ3n) is 3.23. The number of ether oxygens (including phenoxy) is 1. The highest BCUT2D eigenvalue weighted by Gasteiger charge is 2.13. The molecule has 0 unspecified atom stereocenters. The van der Waals surface area contributed by atoms with E-state index in [0.717, 1.165) is 10.6 Å². The van der Waals surface area contributed by atoms with Gasteiger partial charge in [0.1, 0.15) is 5.01 Å². The molecular formula is C16H17ClN4O4S. The smallest absolute Gasteiger partial charge is 0.306 e. The minimum atomic E-state index is -0.647. The van der Waals surface area contributed by atoms with E-state index in [-0.39, 0.29) is 18.7 Å². The quantitative estimate of drug-likeness (QED) is 0.696. The Morgan fingerprint density at radius 1 is 1.12 bits per heavy atom. The molecule has 0 bridgehead atoms. The first-order valence-electron chi connectivity index (χ1n) is 7.65. The van der Waals surface area contributed by atoms with E-state index in [0.29, 0.717) is 15.8 Å². The van der Waals surface area contributed by atoms with Gasteiger partial charge in [-0.3, -0.25) is 14.4 Å². The first-order chi connectivity index (χ1) is 12.3. The summed E-state index contributed by atoms with van der Waals surface area (Å²) in [6.45, 7) is 3.09. The number of hydrogen-bond donors (Lipinski definition) is 2. The molecule has 26 heavy (non-hydrogen) atoms. The van der Waals surface area contributed by atoms with Crippen molar-refractivity contribution in [2.75, 3.05) is 17.2 Å². The van der Waals surface area contributed by atoms with E-state index >= 15 is 0 Å². The largest absolute Gasteiger partial charge is 0.456 e. The van der Waals surface area contributed by atoms with Gasteiger partial charge in [-0.25, -0.2) is 0 Å². The number of halogens is 1. The lowest BCUT2D eigenvalue weighted by molar-refractivity contribution is -0.147. The number of rotatable bonds is 7. The van der Waals surface area contributed by atoms with Gasteiger partial charge in [-0.2, -0.15) is 0 Å². The van der Waals surface area contributed by atoms with Gasteiger partial charge in [-0.1, -0.05) is 29.0 Å². The molecule has 1 heterocycles. The molecule has 0 aliphatic carbocycles. The Balaban J connectivity index is 1.70. The van der Waals surface area contributed by atoms with Gasteiger partial charge < -0.3 is 15.4 Å². The van der Waals surface area contributed by atoms with E-state index in [2.05, 4.69) is 20.8 Å². The summed E-state index contributed by atoms with van der Waals surface area (Å²) in [6.07, 6.45) is -0.223. The molecule has 0 spiro atoms. The molecule has 2 amide bonds. The predicted molar refractivity (Wildman–Crippen MR) is 98.3 cm³/mol. The third kappa shape index (κ3) is 6.08. The fraction of sp³-hybridized carbons (Fsp3) is 0.312. The molecule has 2 rings (SSSR count). The molecule has 0 saturated heterocycles. The molecule has 1 aromatic carbocycles. The van der Waals surface area contributed by atoms with Crippen LogP contribution >= 0.6 is 22.9 Å². The van der Waals surface area contributed by atoms with Crippen LogP contribution in [0.1, 0.15) is 23.4 Å². The second-order valence-electron chi connectivity index (χ2n) is 5.30. The van der Waals surface area contributed by atoms with Crippen LogP contribution in [-0.4, -0.2) is 34.6 Å². The summed E-state index contributed by atoms with van der Waals surface area (Å²) in [6, 6.07) is 5.11. The molecule has 10 heteroatoms. The molecule has 8 nitrogen and oxygen atoms in total. The molecular weight excluding hydrogens is 380 g/mol. The number of esters is 1. The van der Waals surface area contributed by atoms with Crippen LogP contribution in [-0.2, 0) is 19.1 Å². The number of nitrogens with one attached hydrogen (secondary N) is 2. The lowest BCUT2D eigenvalue weighted by atomic mass is 10.2. The number of anilines is 2. The highest BCUT2D eigenvalue weighted by molar-refractivity contribution is 7.15. The molecule has 138 valence electrons. The van der Waals surface area contributed by atoms with Gasteiger partial charge in [0.2, 0.25) is 11.0 Å². The minimum absolute atomic E-state index is 0.0769. The molecule has 0 saturated carbocycles. The van der Waals surface area contributed by atoms with E-state index in [1.807, 2.05) is 0 Å². The maximum Gasteiger partial charge on any atom is 0.306 e. The molecule has 0 aliphatic rings. The number of carbonyl (C=O) groups is 3. The van der Waals surface area contributed by atoms with Crippen molar-refractivity contribution in [2.24, 2.45) is 0 Å². The number of benzene rings is 1. The Bertz CT molecular complexity index is 824. The van der Waals surface area contributed by atoms with Crippen LogP contribution in [0.25, 0.3) is 0 Å². The second kappa shape index (κ2) is 9.25. The summed E-state index contributed by atoms with van der Waals surface area (Å²) >= 11 is 7.21. The average Bonchev–Trinajstić information content (AvgIpc) is 3.00. The average molecular weight is 397 g/mol. The standard InChI is InChI=1S/C16H17ClN4O4S/c1-9-11(17)4-3-5-12(9)18-14(23)8-25-15(24)7-6-13(22)19-16-21-20-10(2)26-16/h3-5H,6-8H2,1-2H3,(H,18,23)(H,19,21,22). The number of aromatic nitrogens is 2. The van der Waals surface area contributed by atoms with E-state index in [1.54, 1.807) is 32.0 Å². The van der Waals surface area contributed by atoms with Crippen LogP contribution in [0, 0.1) is 13.8 Å². The van der Waals surface area contributed by atoms with Crippen molar-refractivity contribution < 1.29 is 19.1 Å². The van der Waals surface area contributed by atoms with Crippen LogP contribution in [0.2, 0.25) is 5.02 Å². The Labute approximate surface area is 158 Å². The van der Waals surface area contributed by atoms with Crippen LogP contribution in [0.5, 0.6) is 0 Å². The topological polar surface area (TPSA) is 110 Å². The predicted octanol–water partition coefficient (Wildman–Crippen LogP) is 2.71. The number of nitrogens with zero attached hydrogens (tertiary/aromatic N) is 2. The third-order valence-corrected chi connectivity index (χ3v) is 4.40. The molecule has 0 atom stereocenters. The van der Waals surface area contributed by atoms with Crippen LogP contribution < -0.4 is 10.6 Å². The van der Waals surface area contributed by atoms with Gasteiger partial charge in [0.05, 0.1) is 6.42 Å². The fourth-order valence-electron chi connectivity index (χ4n) is 1.89. The zero-order chi connectivity index (χ0) is 19.1. The number of aryl methyl sites for hydroxylation is 1. The summed E-state index contributed by atoms with van der Waals surface area (Å²) < 4.78 is 4.86. The van der Waals surface area contributed by atoms with Gasteiger partial charge in [0.15, 0.2) is 6.61 Å². The maximum atomic E-state index is 11.8. The van der Waals surface area contributed by atoms with Gasteiger partial charge in [0, 0.05) is 17.1 Å². The first-order valence-corrected chi connectivity index (χ1v) is 8.85. The second-order valence-corrected chi connectivity index (χ2v) is 6.88. The Morgan fingerprint density at radius 2 is 1.88 bits per heavy atom. The van der Waals surface area contributed by atoms with Gasteiger partial charge >= 0.3 is 5.97 Å². The lowest BCUT2D eigenvalue weighted by Crippen LogP contribution is -2.22. The zero-order valence-corrected chi connectivity index (χ0v) is 15.7. The van der Waals surface area contributed by atoms with Crippen molar-refractivity contribution in [3.63, 3.8) is 0 Å². The van der Waals surface area contributed by atoms with Crippen molar-refractivity contribution in [1.82, 2.24) is 10.2 Å². The summed E-state index contributed by atoms with van der Waals surface area (Å²) in [7, 11) is 0. The van der Waals surface area contributed by atoms with Crippen molar-refractivity contribution in [2.45, 2.75) is 26.7 Å². The Hall–Kier alpha value is -2.52. The highest BCUT2D eigenvalue weighted by atomic mass is 35.5. The maximum absolute atomic E-state index is 11.8. The van der Waals surface area contributed by atoms with Gasteiger partial charge in [-0.05, 0) is 31.5 Å². The monoisotopic (exact) mass is 396 g/mol. The van der Waals surface area contributed by atoms with E-state index in [1.165, 1.54) is 11.3 Å². The Kier molecular flexibility index (Phi) is 7.05. The van der Waals surface area contributed by atoms with E-state index in [4.69, 9.17) is 16.3 Å². The normalized spacial score (nSPS) is 10.3. The van der Waals surface area contributed by atoms with E-state index in [9.17, 15) is 14.4 Å². The number of amides is 2. The first kappa shape index (κ1) is 19.8. The SMILES string of the molecule is Cc1nnc(NC(=O)CCC(=O)OCC(=O)Nc2cccc(Cl)c2C)s1. The van der Waals surface area contributed by atoms with Crippen LogP contribution in [0.4, 0.5) is 10.8 Å². The molecule has 2 aromatic rings. The van der Waals surface area contributed by atoms with Crippen molar-refractivity contribution in [3.05, 3.63) is 33.8 Å². The zero-order valence-electron chi connectivity index (χ0n) is 14.2. The molecule has 2 N–H and O–H groups in total. The summed E-state index contributed by atoms with van der Waals surface area (Å²) in [4.78, 5) is 35.2. The molecule has 1 aromatic heterocycles. The van der Waals surface area contributed by atoms with Gasteiger partial charge in [0.25, 0.3) is 5.91 Å². The lowest BCUT2D eigenvalue weighted by Gasteiger charge is -2.09. The summed E-state index contributed by atoms with van der Waals surface area (Å²) in [5.41, 5.74) is 1.27. The van der Waals surface area contributed by atoms with Crippen molar-refractivity contribution in [1.29, 1.82) is 0 Å². The van der Waals surface area contributed by atoms with Crippen molar-refractivity contribution >= 4 is 51.5 Å². The summed E-state index contributed by atoms with van der Waals surface area (Å²) in [5, 5.41) is 14.3. The number of carbonyl (C=O) groups excluding carboxylic acids is 3. The fourth-order valence-corrected chi connectivity index (χ4v) is 2.67. The number of hydrogen-bond acceptors (Lipinski definition) is 7. The molecule has 0 aliphatic heterocycles. The molecule has 0 fully saturated rings. The minimum Gasteiger partial charge on any atom is -0.456 e. The Morgan fingerprint density at radius 3 is 2.58 bits per heavy atom. The molecule has 0 radical (unpaired) electrons. The summed E-state index contributed by atoms with van der Waals surface area (Å²) in [5.74, 6) is -1.51. The van der Waals surface area contributed by atoms with Crippen LogP contribution in [0.15, 0.2) is 18.2 Å². The van der Waals surface area contributed by atoms with Crippen molar-refractivity contribution in [3.8, 4) is 0 Å². The van der Waals surface area contributed by atoms with Gasteiger partial charge in [-0.15, -0.1) is 10.2 Å². The van der Waals surface area contributed by atoms with E-state index < -0.39 is 18.5 Å².